The van der Waals surface area contributed by atoms with Gasteiger partial charge in [-0.3, -0.25) is 4.31 Å². The van der Waals surface area contributed by atoms with Gasteiger partial charge in [-0.25, -0.2) is 21.6 Å². The number of hydrogen-bond acceptors (Lipinski definition) is 6. The quantitative estimate of drug-likeness (QED) is 0.726. The van der Waals surface area contributed by atoms with E-state index in [1.807, 2.05) is 19.0 Å². The lowest BCUT2D eigenvalue weighted by molar-refractivity contribution is 0.400. The van der Waals surface area contributed by atoms with Gasteiger partial charge in [-0.05, 0) is 45.1 Å². The molecule has 0 atom stereocenters. The third-order valence-electron chi connectivity index (χ3n) is 3.93. The van der Waals surface area contributed by atoms with Gasteiger partial charge in [0.1, 0.15) is 10.6 Å². The van der Waals surface area contributed by atoms with Crippen molar-refractivity contribution in [2.24, 2.45) is 0 Å². The minimum absolute atomic E-state index is 0.0629. The number of nitrogens with zero attached hydrogens (tertiary/aromatic N) is 2. The van der Waals surface area contributed by atoms with Gasteiger partial charge in [-0.1, -0.05) is 0 Å². The number of anilines is 1. The van der Waals surface area contributed by atoms with Gasteiger partial charge < -0.3 is 9.64 Å². The van der Waals surface area contributed by atoms with Crippen LogP contribution in [0.25, 0.3) is 0 Å². The first-order valence-corrected chi connectivity index (χ1v) is 11.1. The average molecular weight is 392 g/mol. The Kier molecular flexibility index (Phi) is 6.30. The summed E-state index contributed by atoms with van der Waals surface area (Å²) in [4.78, 5) is 1.79. The fourth-order valence-corrected chi connectivity index (χ4v) is 5.43. The fourth-order valence-electron chi connectivity index (χ4n) is 2.59. The molecule has 0 aliphatic carbocycles. The summed E-state index contributed by atoms with van der Waals surface area (Å²) in [6, 6.07) is 4.42. The SMILES string of the molecule is COc1ccc(N2CCCCS2(=O)=O)cc1S(=O)(=O)NCCN(C)C. The van der Waals surface area contributed by atoms with Crippen molar-refractivity contribution in [2.75, 3.05) is 50.9 Å². The standard InChI is InChI=1S/C15H25N3O5S2/c1-17(2)10-8-16-25(21,22)15-12-13(6-7-14(15)23-3)18-9-4-5-11-24(18,19)20/h6-7,12,16H,4-5,8-11H2,1-3H3. The van der Waals surface area contributed by atoms with Crippen LogP contribution in [0, 0.1) is 0 Å². The number of nitrogens with one attached hydrogen (secondary N) is 1. The van der Waals surface area contributed by atoms with Crippen LogP contribution in [0.1, 0.15) is 12.8 Å². The molecule has 8 nitrogen and oxygen atoms in total. The van der Waals surface area contributed by atoms with Crippen LogP contribution in [0.4, 0.5) is 5.69 Å². The van der Waals surface area contributed by atoms with E-state index in [0.29, 0.717) is 25.2 Å². The van der Waals surface area contributed by atoms with Crippen molar-refractivity contribution < 1.29 is 21.6 Å². The van der Waals surface area contributed by atoms with Crippen molar-refractivity contribution in [3.63, 3.8) is 0 Å². The molecule has 0 spiro atoms. The van der Waals surface area contributed by atoms with Crippen molar-refractivity contribution in [1.29, 1.82) is 0 Å². The summed E-state index contributed by atoms with van der Waals surface area (Å²) in [5.41, 5.74) is 0.341. The molecule has 1 heterocycles. The molecule has 1 aliphatic rings. The molecule has 0 amide bonds. The maximum atomic E-state index is 12.6. The van der Waals surface area contributed by atoms with Gasteiger partial charge in [0.2, 0.25) is 20.0 Å². The van der Waals surface area contributed by atoms with Crippen LogP contribution in [0.2, 0.25) is 0 Å². The first-order valence-electron chi connectivity index (χ1n) is 8.00. The van der Waals surface area contributed by atoms with E-state index in [4.69, 9.17) is 4.74 Å². The molecule has 1 aromatic rings. The normalized spacial score (nSPS) is 17.7. The molecule has 1 saturated heterocycles. The molecule has 0 aromatic heterocycles. The van der Waals surface area contributed by atoms with Crippen molar-refractivity contribution in [1.82, 2.24) is 9.62 Å². The highest BCUT2D eigenvalue weighted by Gasteiger charge is 2.28. The van der Waals surface area contributed by atoms with E-state index in [1.165, 1.54) is 23.5 Å². The Balaban J connectivity index is 2.37. The molecule has 0 unspecified atom stereocenters. The van der Waals surface area contributed by atoms with E-state index >= 15 is 0 Å². The van der Waals surface area contributed by atoms with Crippen molar-refractivity contribution in [2.45, 2.75) is 17.7 Å². The number of hydrogen-bond donors (Lipinski definition) is 1. The molecule has 2 rings (SSSR count). The summed E-state index contributed by atoms with van der Waals surface area (Å²) in [7, 11) is -2.17. The number of rotatable bonds is 7. The second-order valence-corrected chi connectivity index (χ2v) is 9.88. The Bertz CT molecular complexity index is 806. The van der Waals surface area contributed by atoms with Crippen LogP contribution in [0.15, 0.2) is 23.1 Å². The number of sulfonamides is 2. The van der Waals surface area contributed by atoms with Gasteiger partial charge in [0.15, 0.2) is 0 Å². The highest BCUT2D eigenvalue weighted by atomic mass is 32.2. The molecule has 0 bridgehead atoms. The van der Waals surface area contributed by atoms with E-state index in [-0.39, 0.29) is 22.9 Å². The summed E-state index contributed by atoms with van der Waals surface area (Å²) in [5, 5.41) is 0. The molecule has 1 aromatic carbocycles. The Morgan fingerprint density at radius 3 is 2.60 bits per heavy atom. The Morgan fingerprint density at radius 1 is 1.28 bits per heavy atom. The van der Waals surface area contributed by atoms with Crippen LogP contribution >= 0.6 is 0 Å². The molecule has 10 heteroatoms. The predicted octanol–water partition coefficient (Wildman–Crippen LogP) is 0.465. The van der Waals surface area contributed by atoms with E-state index < -0.39 is 20.0 Å². The number of methoxy groups -OCH3 is 1. The average Bonchev–Trinajstić information content (AvgIpc) is 2.53. The van der Waals surface area contributed by atoms with Gasteiger partial charge in [-0.2, -0.15) is 0 Å². The van der Waals surface area contributed by atoms with Crippen LogP contribution in [-0.2, 0) is 20.0 Å². The molecule has 142 valence electrons. The van der Waals surface area contributed by atoms with Gasteiger partial charge in [0, 0.05) is 19.6 Å². The summed E-state index contributed by atoms with van der Waals surface area (Å²) in [6.07, 6.45) is 1.36. The van der Waals surface area contributed by atoms with Gasteiger partial charge >= 0.3 is 0 Å². The van der Waals surface area contributed by atoms with E-state index in [0.717, 1.165) is 6.42 Å². The number of likely N-dealkylation sites (N-methyl/N-ethyl adjacent to an activating group) is 1. The number of benzene rings is 1. The summed E-state index contributed by atoms with van der Waals surface area (Å²) in [6.45, 7) is 1.13. The molecule has 0 saturated carbocycles. The van der Waals surface area contributed by atoms with Crippen molar-refractivity contribution in [3.05, 3.63) is 18.2 Å². The second-order valence-electron chi connectivity index (χ2n) is 6.13. The lowest BCUT2D eigenvalue weighted by Crippen LogP contribution is -2.38. The third-order valence-corrected chi connectivity index (χ3v) is 7.28. The van der Waals surface area contributed by atoms with Crippen LogP contribution in [0.5, 0.6) is 5.75 Å². The number of ether oxygens (including phenoxy) is 1. The second kappa shape index (κ2) is 7.90. The van der Waals surface area contributed by atoms with Crippen LogP contribution in [0.3, 0.4) is 0 Å². The van der Waals surface area contributed by atoms with Gasteiger partial charge in [-0.15, -0.1) is 0 Å². The molecular weight excluding hydrogens is 366 g/mol. The molecule has 1 N–H and O–H groups in total. The smallest absolute Gasteiger partial charge is 0.244 e. The zero-order chi connectivity index (χ0) is 18.7. The largest absolute Gasteiger partial charge is 0.495 e. The molecule has 1 aliphatic heterocycles. The molecule has 0 radical (unpaired) electrons. The molecule has 1 fully saturated rings. The zero-order valence-electron chi connectivity index (χ0n) is 14.7. The third kappa shape index (κ3) is 4.84. The topological polar surface area (TPSA) is 96.0 Å². The molecule has 25 heavy (non-hydrogen) atoms. The first kappa shape index (κ1) is 20.0. The zero-order valence-corrected chi connectivity index (χ0v) is 16.4. The maximum absolute atomic E-state index is 12.6. The summed E-state index contributed by atoms with van der Waals surface area (Å²) >= 11 is 0. The summed E-state index contributed by atoms with van der Waals surface area (Å²) < 4.78 is 58.7. The lowest BCUT2D eigenvalue weighted by Gasteiger charge is -2.28. The van der Waals surface area contributed by atoms with E-state index in [9.17, 15) is 16.8 Å². The fraction of sp³-hybridized carbons (Fsp3) is 0.600. The van der Waals surface area contributed by atoms with Crippen LogP contribution < -0.4 is 13.8 Å². The Hall–Kier alpha value is -1.36. The lowest BCUT2D eigenvalue weighted by atomic mass is 10.2. The minimum atomic E-state index is -3.82. The minimum Gasteiger partial charge on any atom is -0.495 e. The monoisotopic (exact) mass is 391 g/mol. The predicted molar refractivity (Wildman–Crippen MR) is 97.1 cm³/mol. The maximum Gasteiger partial charge on any atom is 0.244 e. The Labute approximate surface area is 149 Å². The van der Waals surface area contributed by atoms with Crippen molar-refractivity contribution in [3.8, 4) is 5.75 Å². The van der Waals surface area contributed by atoms with Crippen molar-refractivity contribution >= 4 is 25.7 Å². The summed E-state index contributed by atoms with van der Waals surface area (Å²) in [5.74, 6) is 0.248. The van der Waals surface area contributed by atoms with Gasteiger partial charge in [0.05, 0.1) is 18.6 Å². The molecular formula is C15H25N3O5S2. The first-order chi connectivity index (χ1) is 11.7. The highest BCUT2D eigenvalue weighted by molar-refractivity contribution is 7.92. The van der Waals surface area contributed by atoms with Crippen LogP contribution in [-0.4, -0.2) is 68.3 Å². The van der Waals surface area contributed by atoms with Gasteiger partial charge in [0.25, 0.3) is 0 Å². The van der Waals surface area contributed by atoms with E-state index in [2.05, 4.69) is 4.72 Å². The van der Waals surface area contributed by atoms with E-state index in [1.54, 1.807) is 6.07 Å². The Morgan fingerprint density at radius 2 is 2.00 bits per heavy atom. The highest BCUT2D eigenvalue weighted by Crippen LogP contribution is 2.31.